The molecule has 152 valence electrons. The number of para-hydroxylation sites is 1. The molecule has 0 fully saturated rings. The lowest BCUT2D eigenvalue weighted by Crippen LogP contribution is -2.35. The Morgan fingerprint density at radius 2 is 1.83 bits per heavy atom. The minimum Gasteiger partial charge on any atom is -0.361 e. The van der Waals surface area contributed by atoms with Crippen molar-refractivity contribution < 1.29 is 0 Å². The lowest BCUT2D eigenvalue weighted by Gasteiger charge is -2.13. The Morgan fingerprint density at radius 1 is 1.17 bits per heavy atom. The number of benzene rings is 2. The summed E-state index contributed by atoms with van der Waals surface area (Å²) in [5, 5.41) is 6.39. The van der Waals surface area contributed by atoms with Crippen LogP contribution in [0, 0.1) is 6.92 Å². The average Bonchev–Trinajstić information content (AvgIpc) is 2.92. The van der Waals surface area contributed by atoms with Gasteiger partial charge >= 0.3 is 0 Å². The molecule has 0 saturated carbocycles. The average molecular weight is 494 g/mol. The fourth-order valence-corrected chi connectivity index (χ4v) is 3.73. The van der Waals surface area contributed by atoms with Crippen LogP contribution in [0.1, 0.15) is 11.3 Å². The number of anilines is 1. The van der Waals surface area contributed by atoms with Gasteiger partial charge in [0.15, 0.2) is 5.11 Å². The van der Waals surface area contributed by atoms with E-state index in [4.69, 9.17) is 23.8 Å². The third kappa shape index (κ3) is 5.29. The first-order valence-corrected chi connectivity index (χ1v) is 10.8. The van der Waals surface area contributed by atoms with Gasteiger partial charge in [0.05, 0.1) is 16.8 Å². The van der Waals surface area contributed by atoms with Gasteiger partial charge in [0.2, 0.25) is 0 Å². The molecule has 0 spiro atoms. The lowest BCUT2D eigenvalue weighted by molar-refractivity contribution is 0.630. The molecular formula is C21H22BrClN4OS. The number of hydrogen-bond acceptors (Lipinski definition) is 2. The maximum Gasteiger partial charge on any atom is 0.295 e. The van der Waals surface area contributed by atoms with Crippen molar-refractivity contribution in [3.8, 4) is 5.69 Å². The summed E-state index contributed by atoms with van der Waals surface area (Å²) in [6, 6.07) is 17.6. The van der Waals surface area contributed by atoms with Gasteiger partial charge in [-0.1, -0.05) is 46.3 Å². The van der Waals surface area contributed by atoms with Crippen LogP contribution < -0.4 is 16.2 Å². The molecule has 0 radical (unpaired) electrons. The zero-order chi connectivity index (χ0) is 21.0. The van der Waals surface area contributed by atoms with Crippen molar-refractivity contribution in [2.24, 2.45) is 7.05 Å². The van der Waals surface area contributed by atoms with Crippen LogP contribution in [0.5, 0.6) is 0 Å². The van der Waals surface area contributed by atoms with Gasteiger partial charge in [-0.2, -0.15) is 0 Å². The van der Waals surface area contributed by atoms with E-state index in [0.29, 0.717) is 17.3 Å². The van der Waals surface area contributed by atoms with E-state index in [1.807, 2.05) is 68.6 Å². The minimum atomic E-state index is -0.155. The van der Waals surface area contributed by atoms with Crippen molar-refractivity contribution in [3.63, 3.8) is 0 Å². The normalized spacial score (nSPS) is 11.9. The molecule has 2 N–H and O–H groups in total. The maximum atomic E-state index is 12.9. The molecule has 8 heteroatoms. The van der Waals surface area contributed by atoms with E-state index in [1.165, 1.54) is 0 Å². The van der Waals surface area contributed by atoms with Crippen molar-refractivity contribution >= 4 is 50.5 Å². The Bertz CT molecular complexity index is 1050. The molecule has 1 atom stereocenters. The molecule has 0 amide bonds. The molecule has 0 bridgehead atoms. The third-order valence-electron chi connectivity index (χ3n) is 4.65. The van der Waals surface area contributed by atoms with E-state index >= 15 is 0 Å². The summed E-state index contributed by atoms with van der Waals surface area (Å²) in [7, 11) is 1.85. The standard InChI is InChI=1S/C21H22BrClN4OS/c1-14-19(20(28)27(26(14)2)18-6-4-3-5-7-18)25-21(29)24-13-17(23)12-15-8-10-16(22)11-9-15/h3-11,17H,12-13H2,1-2H3,(H2,24,25,29)/t17-/m1/s1. The predicted molar refractivity (Wildman–Crippen MR) is 127 cm³/mol. The molecule has 1 aromatic heterocycles. The number of aromatic nitrogens is 2. The van der Waals surface area contributed by atoms with Crippen LogP contribution in [0.3, 0.4) is 0 Å². The van der Waals surface area contributed by atoms with E-state index < -0.39 is 0 Å². The van der Waals surface area contributed by atoms with Gasteiger partial charge in [0, 0.05) is 18.1 Å². The smallest absolute Gasteiger partial charge is 0.295 e. The lowest BCUT2D eigenvalue weighted by atomic mass is 10.1. The Hall–Kier alpha value is -2.09. The van der Waals surface area contributed by atoms with E-state index in [9.17, 15) is 4.79 Å². The van der Waals surface area contributed by atoms with Crippen molar-refractivity contribution in [3.05, 3.63) is 80.7 Å². The molecule has 0 aliphatic carbocycles. The summed E-state index contributed by atoms with van der Waals surface area (Å²) >= 11 is 15.2. The van der Waals surface area contributed by atoms with Crippen LogP contribution in [0.4, 0.5) is 5.69 Å². The van der Waals surface area contributed by atoms with E-state index in [1.54, 1.807) is 9.36 Å². The third-order valence-corrected chi connectivity index (χ3v) is 5.73. The molecule has 5 nitrogen and oxygen atoms in total. The van der Waals surface area contributed by atoms with Crippen LogP contribution in [0.15, 0.2) is 63.9 Å². The summed E-state index contributed by atoms with van der Waals surface area (Å²) < 4.78 is 4.45. The number of rotatable bonds is 6. The highest BCUT2D eigenvalue weighted by molar-refractivity contribution is 9.10. The number of nitrogens with one attached hydrogen (secondary N) is 2. The minimum absolute atomic E-state index is 0.131. The highest BCUT2D eigenvalue weighted by atomic mass is 79.9. The Morgan fingerprint density at radius 3 is 2.48 bits per heavy atom. The predicted octanol–water partition coefficient (Wildman–Crippen LogP) is 4.38. The van der Waals surface area contributed by atoms with Crippen LogP contribution in [-0.4, -0.2) is 26.4 Å². The number of thiocarbonyl (C=S) groups is 1. The monoisotopic (exact) mass is 492 g/mol. The van der Waals surface area contributed by atoms with Crippen LogP contribution in [0.2, 0.25) is 0 Å². The first kappa shape index (κ1) is 21.6. The molecule has 0 saturated heterocycles. The Kier molecular flexibility index (Phi) is 7.16. The summed E-state index contributed by atoms with van der Waals surface area (Å²) in [4.78, 5) is 12.9. The van der Waals surface area contributed by atoms with Crippen LogP contribution in [0.25, 0.3) is 5.69 Å². The number of nitrogens with zero attached hydrogens (tertiary/aromatic N) is 2. The van der Waals surface area contributed by atoms with E-state index in [2.05, 4.69) is 26.6 Å². The molecule has 3 aromatic rings. The van der Waals surface area contributed by atoms with Gasteiger partial charge in [-0.05, 0) is 55.4 Å². The van der Waals surface area contributed by atoms with Crippen molar-refractivity contribution in [1.82, 2.24) is 14.7 Å². The highest BCUT2D eigenvalue weighted by Gasteiger charge is 2.17. The Labute approximate surface area is 188 Å². The second kappa shape index (κ2) is 9.61. The van der Waals surface area contributed by atoms with Crippen molar-refractivity contribution in [2.45, 2.75) is 18.7 Å². The molecule has 0 aliphatic heterocycles. The van der Waals surface area contributed by atoms with Crippen LogP contribution >= 0.6 is 39.7 Å². The van der Waals surface area contributed by atoms with Gasteiger partial charge in [0.1, 0.15) is 5.69 Å². The van der Waals surface area contributed by atoms with E-state index in [0.717, 1.165) is 27.8 Å². The quantitative estimate of drug-likeness (QED) is 0.395. The number of halogens is 2. The molecule has 2 aromatic carbocycles. The molecule has 1 heterocycles. The Balaban J connectivity index is 1.63. The highest BCUT2D eigenvalue weighted by Crippen LogP contribution is 2.15. The topological polar surface area (TPSA) is 51.0 Å². The van der Waals surface area contributed by atoms with Gasteiger partial charge in [-0.15, -0.1) is 11.6 Å². The van der Waals surface area contributed by atoms with Gasteiger partial charge < -0.3 is 10.6 Å². The van der Waals surface area contributed by atoms with Gasteiger partial charge in [0.25, 0.3) is 5.56 Å². The fourth-order valence-electron chi connectivity index (χ4n) is 3.02. The molecule has 0 aliphatic rings. The summed E-state index contributed by atoms with van der Waals surface area (Å²) in [6.07, 6.45) is 0.718. The number of alkyl halides is 1. The first-order valence-electron chi connectivity index (χ1n) is 9.14. The molecule has 29 heavy (non-hydrogen) atoms. The largest absolute Gasteiger partial charge is 0.361 e. The van der Waals surface area contributed by atoms with E-state index in [-0.39, 0.29) is 10.9 Å². The fraction of sp³-hybridized carbons (Fsp3) is 0.238. The first-order chi connectivity index (χ1) is 13.9. The second-order valence-corrected chi connectivity index (χ2v) is 8.64. The van der Waals surface area contributed by atoms with Crippen molar-refractivity contribution in [2.75, 3.05) is 11.9 Å². The van der Waals surface area contributed by atoms with Crippen LogP contribution in [-0.2, 0) is 13.5 Å². The summed E-state index contributed by atoms with van der Waals surface area (Å²) in [5.41, 5.74) is 3.04. The summed E-state index contributed by atoms with van der Waals surface area (Å²) in [5.74, 6) is 0. The zero-order valence-electron chi connectivity index (χ0n) is 16.2. The van der Waals surface area contributed by atoms with Gasteiger partial charge in [-0.3, -0.25) is 9.48 Å². The number of hydrogen-bond donors (Lipinski definition) is 2. The van der Waals surface area contributed by atoms with Crippen molar-refractivity contribution in [1.29, 1.82) is 0 Å². The van der Waals surface area contributed by atoms with Gasteiger partial charge in [-0.25, -0.2) is 4.68 Å². The molecular weight excluding hydrogens is 472 g/mol. The zero-order valence-corrected chi connectivity index (χ0v) is 19.3. The molecule has 3 rings (SSSR count). The second-order valence-electron chi connectivity index (χ2n) is 6.70. The molecule has 0 unspecified atom stereocenters. The summed E-state index contributed by atoms with van der Waals surface area (Å²) in [6.45, 7) is 2.37. The maximum absolute atomic E-state index is 12.9. The SMILES string of the molecule is Cc1c(NC(=S)NC[C@H](Cl)Cc2ccc(Br)cc2)c(=O)n(-c2ccccc2)n1C.